The first-order chi connectivity index (χ1) is 6.72. The normalized spacial score (nSPS) is 10.4. The Bertz CT molecular complexity index is 298. The lowest BCUT2D eigenvalue weighted by Gasteiger charge is -1.96. The molecule has 5 heteroatoms. The van der Waals surface area contributed by atoms with Gasteiger partial charge in [-0.25, -0.2) is 4.98 Å². The molecule has 0 saturated carbocycles. The maximum absolute atomic E-state index is 10.4. The van der Waals surface area contributed by atoms with E-state index in [0.717, 1.165) is 11.4 Å². The number of thiazole rings is 1. The van der Waals surface area contributed by atoms with Crippen molar-refractivity contribution >= 4 is 17.3 Å². The lowest BCUT2D eigenvalue weighted by molar-refractivity contribution is -0.136. The van der Waals surface area contributed by atoms with Gasteiger partial charge < -0.3 is 9.84 Å². The molecular weight excluding hydrogens is 202 g/mol. The molecule has 0 aliphatic carbocycles. The molecule has 0 spiro atoms. The van der Waals surface area contributed by atoms with Gasteiger partial charge in [-0.2, -0.15) is 0 Å². The SMILES string of the molecule is CCOCCc1nc(CC(=O)O)cs1. The van der Waals surface area contributed by atoms with Crippen LogP contribution in [0.3, 0.4) is 0 Å². The number of hydrogen-bond donors (Lipinski definition) is 1. The van der Waals surface area contributed by atoms with Crippen molar-refractivity contribution in [1.82, 2.24) is 4.98 Å². The quantitative estimate of drug-likeness (QED) is 0.728. The van der Waals surface area contributed by atoms with Gasteiger partial charge >= 0.3 is 5.97 Å². The third-order valence-electron chi connectivity index (χ3n) is 1.60. The van der Waals surface area contributed by atoms with Crippen molar-refractivity contribution < 1.29 is 14.6 Å². The Morgan fingerprint density at radius 3 is 3.14 bits per heavy atom. The Hall–Kier alpha value is -0.940. The molecule has 0 aliphatic heterocycles. The first kappa shape index (κ1) is 11.1. The Kier molecular flexibility index (Phi) is 4.55. The molecule has 0 bridgehead atoms. The van der Waals surface area contributed by atoms with Gasteiger partial charge in [0.2, 0.25) is 0 Å². The summed E-state index contributed by atoms with van der Waals surface area (Å²) >= 11 is 1.49. The zero-order valence-corrected chi connectivity index (χ0v) is 8.84. The van der Waals surface area contributed by atoms with Crippen molar-refractivity contribution in [2.24, 2.45) is 0 Å². The molecule has 1 heterocycles. The van der Waals surface area contributed by atoms with Crippen molar-refractivity contribution in [2.45, 2.75) is 19.8 Å². The van der Waals surface area contributed by atoms with Crippen LogP contribution in [0.25, 0.3) is 0 Å². The zero-order valence-electron chi connectivity index (χ0n) is 8.02. The summed E-state index contributed by atoms with van der Waals surface area (Å²) in [6.07, 6.45) is 0.767. The number of carbonyl (C=O) groups is 1. The van der Waals surface area contributed by atoms with Crippen molar-refractivity contribution in [2.75, 3.05) is 13.2 Å². The molecule has 1 N–H and O–H groups in total. The fraction of sp³-hybridized carbons (Fsp3) is 0.556. The second-order valence-corrected chi connectivity index (χ2v) is 3.69. The maximum Gasteiger partial charge on any atom is 0.309 e. The van der Waals surface area contributed by atoms with Crippen molar-refractivity contribution in [3.8, 4) is 0 Å². The lowest BCUT2D eigenvalue weighted by Crippen LogP contribution is -2.01. The second-order valence-electron chi connectivity index (χ2n) is 2.75. The topological polar surface area (TPSA) is 59.4 Å². The summed E-state index contributed by atoms with van der Waals surface area (Å²) in [4.78, 5) is 14.6. The average molecular weight is 215 g/mol. The van der Waals surface area contributed by atoms with Crippen LogP contribution >= 0.6 is 11.3 Å². The first-order valence-electron chi connectivity index (χ1n) is 4.45. The largest absolute Gasteiger partial charge is 0.481 e. The highest BCUT2D eigenvalue weighted by Gasteiger charge is 2.05. The number of carboxylic acids is 1. The third kappa shape index (κ3) is 3.85. The minimum absolute atomic E-state index is 0.00509. The molecule has 4 nitrogen and oxygen atoms in total. The second kappa shape index (κ2) is 5.72. The first-order valence-corrected chi connectivity index (χ1v) is 5.33. The van der Waals surface area contributed by atoms with E-state index in [-0.39, 0.29) is 6.42 Å². The van der Waals surface area contributed by atoms with E-state index >= 15 is 0 Å². The van der Waals surface area contributed by atoms with Crippen molar-refractivity contribution in [3.63, 3.8) is 0 Å². The summed E-state index contributed by atoms with van der Waals surface area (Å²) in [6, 6.07) is 0. The predicted octanol–water partition coefficient (Wildman–Crippen LogP) is 1.35. The fourth-order valence-corrected chi connectivity index (χ4v) is 1.78. The Morgan fingerprint density at radius 1 is 1.71 bits per heavy atom. The summed E-state index contributed by atoms with van der Waals surface area (Å²) in [5.41, 5.74) is 0.633. The van der Waals surface area contributed by atoms with E-state index in [1.54, 1.807) is 5.38 Å². The molecule has 0 fully saturated rings. The van der Waals surface area contributed by atoms with E-state index in [4.69, 9.17) is 9.84 Å². The van der Waals surface area contributed by atoms with Crippen molar-refractivity contribution in [1.29, 1.82) is 0 Å². The van der Waals surface area contributed by atoms with Crippen LogP contribution in [0.1, 0.15) is 17.6 Å². The van der Waals surface area contributed by atoms with Crippen LogP contribution in [0.4, 0.5) is 0 Å². The minimum Gasteiger partial charge on any atom is -0.481 e. The van der Waals surface area contributed by atoms with Gasteiger partial charge in [0.1, 0.15) is 0 Å². The Balaban J connectivity index is 2.38. The number of nitrogens with zero attached hydrogens (tertiary/aromatic N) is 1. The summed E-state index contributed by atoms with van der Waals surface area (Å²) in [5.74, 6) is -0.841. The molecule has 1 rings (SSSR count). The van der Waals surface area contributed by atoms with Crippen LogP contribution in [-0.2, 0) is 22.4 Å². The van der Waals surface area contributed by atoms with Gasteiger partial charge in [0, 0.05) is 18.4 Å². The molecule has 0 atom stereocenters. The summed E-state index contributed by atoms with van der Waals surface area (Å²) < 4.78 is 5.18. The van der Waals surface area contributed by atoms with E-state index in [0.29, 0.717) is 18.9 Å². The standard InChI is InChI=1S/C9H13NO3S/c1-2-13-4-3-8-10-7(6-14-8)5-9(11)12/h6H,2-5H2,1H3,(H,11,12). The molecule has 0 aromatic carbocycles. The van der Waals surface area contributed by atoms with E-state index in [2.05, 4.69) is 4.98 Å². The number of aromatic nitrogens is 1. The number of hydrogen-bond acceptors (Lipinski definition) is 4. The number of ether oxygens (including phenoxy) is 1. The number of carboxylic acid groups (broad SMARTS) is 1. The van der Waals surface area contributed by atoms with Gasteiger partial charge in [0.05, 0.1) is 23.7 Å². The monoisotopic (exact) mass is 215 g/mol. The summed E-state index contributed by atoms with van der Waals surface area (Å²) in [6.45, 7) is 3.29. The van der Waals surface area contributed by atoms with Crippen LogP contribution in [0.15, 0.2) is 5.38 Å². The van der Waals surface area contributed by atoms with Crippen LogP contribution in [0, 0.1) is 0 Å². The van der Waals surface area contributed by atoms with Gasteiger partial charge in [0.25, 0.3) is 0 Å². The predicted molar refractivity (Wildman–Crippen MR) is 53.7 cm³/mol. The van der Waals surface area contributed by atoms with Gasteiger partial charge in [0.15, 0.2) is 0 Å². The molecule has 0 saturated heterocycles. The smallest absolute Gasteiger partial charge is 0.309 e. The van der Waals surface area contributed by atoms with Crippen LogP contribution in [-0.4, -0.2) is 29.3 Å². The zero-order chi connectivity index (χ0) is 10.4. The average Bonchev–Trinajstić information content (AvgIpc) is 2.52. The van der Waals surface area contributed by atoms with Gasteiger partial charge in [-0.05, 0) is 6.92 Å². The molecule has 0 aliphatic rings. The molecule has 0 radical (unpaired) electrons. The highest BCUT2D eigenvalue weighted by molar-refractivity contribution is 7.09. The van der Waals surface area contributed by atoms with Crippen molar-refractivity contribution in [3.05, 3.63) is 16.1 Å². The van der Waals surface area contributed by atoms with E-state index in [1.165, 1.54) is 11.3 Å². The molecular formula is C9H13NO3S. The third-order valence-corrected chi connectivity index (χ3v) is 2.55. The Labute approximate surface area is 86.6 Å². The lowest BCUT2D eigenvalue weighted by atomic mass is 10.3. The Morgan fingerprint density at radius 2 is 2.50 bits per heavy atom. The van der Waals surface area contributed by atoms with E-state index < -0.39 is 5.97 Å². The number of rotatable bonds is 6. The summed E-state index contributed by atoms with van der Waals surface area (Å²) in [5, 5.41) is 11.3. The maximum atomic E-state index is 10.4. The molecule has 14 heavy (non-hydrogen) atoms. The van der Waals surface area contributed by atoms with Gasteiger partial charge in [-0.1, -0.05) is 0 Å². The molecule has 0 amide bonds. The van der Waals surface area contributed by atoms with Crippen LogP contribution in [0.5, 0.6) is 0 Å². The molecule has 0 unspecified atom stereocenters. The molecule has 1 aromatic rings. The number of aliphatic carboxylic acids is 1. The van der Waals surface area contributed by atoms with E-state index in [1.807, 2.05) is 6.92 Å². The van der Waals surface area contributed by atoms with Gasteiger partial charge in [-0.15, -0.1) is 11.3 Å². The molecule has 1 aromatic heterocycles. The highest BCUT2D eigenvalue weighted by Crippen LogP contribution is 2.10. The van der Waals surface area contributed by atoms with E-state index in [9.17, 15) is 4.79 Å². The van der Waals surface area contributed by atoms with Crippen LogP contribution < -0.4 is 0 Å². The minimum atomic E-state index is -0.841. The molecule has 78 valence electrons. The highest BCUT2D eigenvalue weighted by atomic mass is 32.1. The summed E-state index contributed by atoms with van der Waals surface area (Å²) in [7, 11) is 0. The van der Waals surface area contributed by atoms with Gasteiger partial charge in [-0.3, -0.25) is 4.79 Å². The van der Waals surface area contributed by atoms with Crippen LogP contribution in [0.2, 0.25) is 0 Å². The fourth-order valence-electron chi connectivity index (χ4n) is 1.00.